The zero-order chi connectivity index (χ0) is 16.9. The normalized spacial score (nSPS) is 10.2. The van der Waals surface area contributed by atoms with E-state index < -0.39 is 0 Å². The Morgan fingerprint density at radius 3 is 2.38 bits per heavy atom. The molecule has 7 nitrogen and oxygen atoms in total. The first kappa shape index (κ1) is 15.8. The molecule has 0 aliphatic heterocycles. The minimum absolute atomic E-state index is 0.228. The Bertz CT molecular complexity index is 845. The Hall–Kier alpha value is -3.13. The second kappa shape index (κ2) is 6.97. The van der Waals surface area contributed by atoms with Gasteiger partial charge in [0.1, 0.15) is 5.69 Å². The third-order valence-corrected chi connectivity index (χ3v) is 3.76. The van der Waals surface area contributed by atoms with Crippen molar-refractivity contribution in [3.05, 3.63) is 65.2 Å². The molecule has 8 heteroatoms. The molecule has 0 unspecified atom stereocenters. The molecule has 2 aromatic heterocycles. The summed E-state index contributed by atoms with van der Waals surface area (Å²) in [6, 6.07) is 6.55. The maximum atomic E-state index is 12.1. The molecule has 0 radical (unpaired) electrons. The summed E-state index contributed by atoms with van der Waals surface area (Å²) in [5.74, 6) is -0.616. The van der Waals surface area contributed by atoms with Crippen LogP contribution in [0.4, 0.5) is 10.8 Å². The first-order chi connectivity index (χ1) is 11.6. The summed E-state index contributed by atoms with van der Waals surface area (Å²) >= 11 is 1.34. The zero-order valence-corrected chi connectivity index (χ0v) is 13.5. The van der Waals surface area contributed by atoms with Crippen molar-refractivity contribution in [2.24, 2.45) is 0 Å². The van der Waals surface area contributed by atoms with Crippen LogP contribution >= 0.6 is 11.3 Å². The van der Waals surface area contributed by atoms with E-state index in [4.69, 9.17) is 0 Å². The molecular formula is C16H13N5O2S. The Labute approximate surface area is 141 Å². The number of rotatable bonds is 4. The monoisotopic (exact) mass is 339 g/mol. The molecule has 1 aromatic carbocycles. The molecule has 0 spiro atoms. The lowest BCUT2D eigenvalue weighted by atomic mass is 10.2. The molecule has 3 aromatic rings. The highest BCUT2D eigenvalue weighted by Gasteiger charge is 2.10. The molecule has 0 atom stereocenters. The summed E-state index contributed by atoms with van der Waals surface area (Å²) in [6.07, 6.45) is 4.56. The number of amides is 2. The van der Waals surface area contributed by atoms with E-state index in [0.29, 0.717) is 16.4 Å². The Morgan fingerprint density at radius 2 is 1.75 bits per heavy atom. The molecule has 2 N–H and O–H groups in total. The van der Waals surface area contributed by atoms with Crippen molar-refractivity contribution in [3.63, 3.8) is 0 Å². The molecule has 3 rings (SSSR count). The minimum atomic E-state index is -0.359. The Balaban J connectivity index is 1.64. The van der Waals surface area contributed by atoms with E-state index in [9.17, 15) is 9.59 Å². The van der Waals surface area contributed by atoms with Gasteiger partial charge in [0.05, 0.1) is 11.9 Å². The molecule has 2 amide bonds. The van der Waals surface area contributed by atoms with E-state index in [1.165, 1.54) is 23.7 Å². The number of carbonyl (C=O) groups excluding carboxylic acids is 2. The molecule has 0 aliphatic carbocycles. The van der Waals surface area contributed by atoms with Gasteiger partial charge >= 0.3 is 0 Å². The molecular weight excluding hydrogens is 326 g/mol. The number of aryl methyl sites for hydroxylation is 1. The van der Waals surface area contributed by atoms with Crippen molar-refractivity contribution < 1.29 is 9.59 Å². The van der Waals surface area contributed by atoms with Crippen molar-refractivity contribution in [1.29, 1.82) is 0 Å². The molecule has 0 bridgehead atoms. The summed E-state index contributed by atoms with van der Waals surface area (Å²) < 4.78 is 0. The van der Waals surface area contributed by atoms with Gasteiger partial charge in [0, 0.05) is 29.0 Å². The van der Waals surface area contributed by atoms with Gasteiger partial charge < -0.3 is 5.32 Å². The fourth-order valence-electron chi connectivity index (χ4n) is 1.86. The average Bonchev–Trinajstić information content (AvgIpc) is 3.09. The smallest absolute Gasteiger partial charge is 0.275 e. The second-order valence-corrected chi connectivity index (χ2v) is 5.76. The maximum absolute atomic E-state index is 12.1. The fourth-order valence-corrected chi connectivity index (χ4v) is 2.39. The van der Waals surface area contributed by atoms with E-state index >= 15 is 0 Å². The van der Waals surface area contributed by atoms with Crippen LogP contribution in [-0.4, -0.2) is 26.8 Å². The first-order valence-electron chi connectivity index (χ1n) is 7.03. The second-order valence-electron chi connectivity index (χ2n) is 4.87. The van der Waals surface area contributed by atoms with Crippen LogP contribution in [-0.2, 0) is 0 Å². The van der Waals surface area contributed by atoms with Gasteiger partial charge in [-0.05, 0) is 31.2 Å². The van der Waals surface area contributed by atoms with Crippen molar-refractivity contribution in [2.75, 3.05) is 10.6 Å². The van der Waals surface area contributed by atoms with Crippen LogP contribution in [0.2, 0.25) is 0 Å². The molecule has 24 heavy (non-hydrogen) atoms. The van der Waals surface area contributed by atoms with Gasteiger partial charge in [-0.2, -0.15) is 0 Å². The van der Waals surface area contributed by atoms with Gasteiger partial charge in [-0.1, -0.05) is 0 Å². The number of nitrogens with zero attached hydrogens (tertiary/aromatic N) is 3. The standard InChI is InChI=1S/C16H13N5O2S/c1-10-8-19-13(9-18-10)15(23)20-12-4-2-11(3-5-12)14(22)21-16-17-6-7-24-16/h2-9H,1H3,(H,20,23)(H,17,21,22). The molecule has 0 aliphatic rings. The van der Waals surface area contributed by atoms with Crippen molar-refractivity contribution in [1.82, 2.24) is 15.0 Å². The summed E-state index contributed by atoms with van der Waals surface area (Å²) in [4.78, 5) is 36.2. The number of benzene rings is 1. The molecule has 2 heterocycles. The van der Waals surface area contributed by atoms with Gasteiger partial charge in [0.15, 0.2) is 5.13 Å². The number of carbonyl (C=O) groups is 2. The van der Waals surface area contributed by atoms with Gasteiger partial charge in [0.25, 0.3) is 11.8 Å². The van der Waals surface area contributed by atoms with Crippen molar-refractivity contribution in [2.45, 2.75) is 6.92 Å². The van der Waals surface area contributed by atoms with Crippen molar-refractivity contribution in [3.8, 4) is 0 Å². The van der Waals surface area contributed by atoms with E-state index in [1.807, 2.05) is 0 Å². The van der Waals surface area contributed by atoms with Crippen LogP contribution in [0.1, 0.15) is 26.5 Å². The molecule has 0 fully saturated rings. The number of anilines is 2. The van der Waals surface area contributed by atoms with E-state index in [1.54, 1.807) is 42.8 Å². The van der Waals surface area contributed by atoms with Crippen LogP contribution in [0.3, 0.4) is 0 Å². The Morgan fingerprint density at radius 1 is 0.958 bits per heavy atom. The maximum Gasteiger partial charge on any atom is 0.275 e. The van der Waals surface area contributed by atoms with Gasteiger partial charge in [-0.15, -0.1) is 11.3 Å². The van der Waals surface area contributed by atoms with Crippen LogP contribution in [0.15, 0.2) is 48.2 Å². The number of hydrogen-bond donors (Lipinski definition) is 2. The SMILES string of the molecule is Cc1cnc(C(=O)Nc2ccc(C(=O)Nc3nccs3)cc2)cn1. The van der Waals surface area contributed by atoms with Gasteiger partial charge in [-0.3, -0.25) is 19.9 Å². The minimum Gasteiger partial charge on any atom is -0.321 e. The summed E-state index contributed by atoms with van der Waals surface area (Å²) in [6.45, 7) is 1.80. The summed E-state index contributed by atoms with van der Waals surface area (Å²) in [5.41, 5.74) is 2.00. The lowest BCUT2D eigenvalue weighted by Gasteiger charge is -2.06. The van der Waals surface area contributed by atoms with Crippen molar-refractivity contribution >= 4 is 34.0 Å². The number of thiazole rings is 1. The number of hydrogen-bond acceptors (Lipinski definition) is 6. The quantitative estimate of drug-likeness (QED) is 0.762. The highest BCUT2D eigenvalue weighted by Crippen LogP contribution is 2.14. The third-order valence-electron chi connectivity index (χ3n) is 3.07. The highest BCUT2D eigenvalue weighted by atomic mass is 32.1. The summed E-state index contributed by atoms with van der Waals surface area (Å²) in [7, 11) is 0. The summed E-state index contributed by atoms with van der Waals surface area (Å²) in [5, 5.41) is 7.72. The average molecular weight is 339 g/mol. The van der Waals surface area contributed by atoms with Gasteiger partial charge in [0.2, 0.25) is 0 Å². The third kappa shape index (κ3) is 3.79. The lowest BCUT2D eigenvalue weighted by Crippen LogP contribution is -2.15. The number of nitrogens with one attached hydrogen (secondary N) is 2. The lowest BCUT2D eigenvalue weighted by molar-refractivity contribution is 0.101. The fraction of sp³-hybridized carbons (Fsp3) is 0.0625. The van der Waals surface area contributed by atoms with E-state index in [2.05, 4.69) is 25.6 Å². The predicted octanol–water partition coefficient (Wildman–Crippen LogP) is 2.75. The zero-order valence-electron chi connectivity index (χ0n) is 12.7. The van der Waals surface area contributed by atoms with E-state index in [-0.39, 0.29) is 17.5 Å². The van der Waals surface area contributed by atoms with Crippen LogP contribution in [0.5, 0.6) is 0 Å². The predicted molar refractivity (Wildman–Crippen MR) is 91.2 cm³/mol. The van der Waals surface area contributed by atoms with Crippen LogP contribution < -0.4 is 10.6 Å². The molecule has 0 saturated heterocycles. The topological polar surface area (TPSA) is 96.9 Å². The van der Waals surface area contributed by atoms with Crippen LogP contribution in [0, 0.1) is 6.92 Å². The highest BCUT2D eigenvalue weighted by molar-refractivity contribution is 7.13. The van der Waals surface area contributed by atoms with Gasteiger partial charge in [-0.25, -0.2) is 9.97 Å². The largest absolute Gasteiger partial charge is 0.321 e. The Kier molecular flexibility index (Phi) is 4.57. The van der Waals surface area contributed by atoms with Crippen LogP contribution in [0.25, 0.3) is 0 Å². The molecule has 120 valence electrons. The molecule has 0 saturated carbocycles. The number of aromatic nitrogens is 3. The van der Waals surface area contributed by atoms with E-state index in [0.717, 1.165) is 5.69 Å². The first-order valence-corrected chi connectivity index (χ1v) is 7.91.